The zero-order chi connectivity index (χ0) is 14.6. The lowest BCUT2D eigenvalue weighted by atomic mass is 9.95. The molecule has 3 unspecified atom stereocenters. The summed E-state index contributed by atoms with van der Waals surface area (Å²) in [5.74, 6) is 1.46. The third-order valence-electron chi connectivity index (χ3n) is 4.95. The molecular formula is C16H17ClN2OS. The van der Waals surface area contributed by atoms with E-state index < -0.39 is 0 Å². The number of nitrogens with one attached hydrogen (secondary N) is 1. The highest BCUT2D eigenvalue weighted by Crippen LogP contribution is 2.44. The standard InChI is InChI=1S/C16H17ClN2OS/c17-10-3-4-11-13(7-10)21-15(14(11)18)16(20)19-12-6-8-1-2-9(12)5-8/h3-4,7-9,12H,1-2,5-6,18H2,(H,19,20). The summed E-state index contributed by atoms with van der Waals surface area (Å²) in [4.78, 5) is 13.2. The van der Waals surface area contributed by atoms with Crippen LogP contribution in [0.5, 0.6) is 0 Å². The van der Waals surface area contributed by atoms with Crippen LogP contribution in [-0.4, -0.2) is 11.9 Å². The van der Waals surface area contributed by atoms with Crippen LogP contribution in [0.3, 0.4) is 0 Å². The molecule has 110 valence electrons. The van der Waals surface area contributed by atoms with E-state index in [1.165, 1.54) is 30.6 Å². The van der Waals surface area contributed by atoms with Gasteiger partial charge in [-0.15, -0.1) is 11.3 Å². The number of rotatable bonds is 2. The number of halogens is 1. The Morgan fingerprint density at radius 2 is 2.19 bits per heavy atom. The topological polar surface area (TPSA) is 55.1 Å². The summed E-state index contributed by atoms with van der Waals surface area (Å²) in [6.45, 7) is 0. The van der Waals surface area contributed by atoms with Gasteiger partial charge >= 0.3 is 0 Å². The second-order valence-corrected chi connectivity index (χ2v) is 7.73. The molecule has 3 nitrogen and oxygen atoms in total. The molecule has 4 rings (SSSR count). The number of fused-ring (bicyclic) bond motifs is 3. The van der Waals surface area contributed by atoms with Crippen molar-refractivity contribution >= 4 is 44.6 Å². The lowest BCUT2D eigenvalue weighted by Crippen LogP contribution is -2.38. The molecular weight excluding hydrogens is 304 g/mol. The number of hydrogen-bond acceptors (Lipinski definition) is 3. The van der Waals surface area contributed by atoms with E-state index in [1.807, 2.05) is 18.2 Å². The number of benzene rings is 1. The first kappa shape index (κ1) is 13.4. The highest BCUT2D eigenvalue weighted by molar-refractivity contribution is 7.21. The van der Waals surface area contributed by atoms with Crippen LogP contribution >= 0.6 is 22.9 Å². The average molecular weight is 321 g/mol. The van der Waals surface area contributed by atoms with E-state index in [-0.39, 0.29) is 5.91 Å². The van der Waals surface area contributed by atoms with Crippen molar-refractivity contribution in [2.45, 2.75) is 31.7 Å². The highest BCUT2D eigenvalue weighted by Gasteiger charge is 2.40. The Morgan fingerprint density at radius 1 is 1.33 bits per heavy atom. The molecule has 3 N–H and O–H groups in total. The Hall–Kier alpha value is -1.26. The fourth-order valence-corrected chi connectivity index (χ4v) is 5.22. The molecule has 2 aromatic rings. The molecule has 0 aliphatic heterocycles. The Balaban J connectivity index is 1.60. The normalized spacial score (nSPS) is 27.4. The maximum Gasteiger partial charge on any atom is 0.263 e. The van der Waals surface area contributed by atoms with E-state index in [0.717, 1.165) is 22.4 Å². The van der Waals surface area contributed by atoms with Crippen molar-refractivity contribution in [2.75, 3.05) is 5.73 Å². The summed E-state index contributed by atoms with van der Waals surface area (Å²) < 4.78 is 0.970. The summed E-state index contributed by atoms with van der Waals surface area (Å²) in [5, 5.41) is 4.79. The number of anilines is 1. The Bertz CT molecular complexity index is 726. The van der Waals surface area contributed by atoms with Crippen molar-refractivity contribution < 1.29 is 4.79 Å². The molecule has 1 heterocycles. The molecule has 0 spiro atoms. The molecule has 21 heavy (non-hydrogen) atoms. The zero-order valence-electron chi connectivity index (χ0n) is 11.6. The molecule has 2 aliphatic carbocycles. The minimum Gasteiger partial charge on any atom is -0.397 e. The number of carbonyl (C=O) groups excluding carboxylic acids is 1. The largest absolute Gasteiger partial charge is 0.397 e. The lowest BCUT2D eigenvalue weighted by molar-refractivity contribution is 0.0928. The lowest BCUT2D eigenvalue weighted by Gasteiger charge is -2.22. The third-order valence-corrected chi connectivity index (χ3v) is 6.35. The van der Waals surface area contributed by atoms with Crippen LogP contribution in [0.4, 0.5) is 5.69 Å². The molecule has 1 aromatic carbocycles. The van der Waals surface area contributed by atoms with Crippen LogP contribution < -0.4 is 11.1 Å². The summed E-state index contributed by atoms with van der Waals surface area (Å²) in [6.07, 6.45) is 5.00. The van der Waals surface area contributed by atoms with E-state index >= 15 is 0 Å². The van der Waals surface area contributed by atoms with Gasteiger partial charge in [0, 0.05) is 21.2 Å². The fourth-order valence-electron chi connectivity index (χ4n) is 3.91. The predicted octanol–water partition coefficient (Wildman–Crippen LogP) is 4.06. The summed E-state index contributed by atoms with van der Waals surface area (Å²) >= 11 is 7.43. The molecule has 1 aromatic heterocycles. The van der Waals surface area contributed by atoms with Gasteiger partial charge in [0.25, 0.3) is 5.91 Å². The fraction of sp³-hybridized carbons (Fsp3) is 0.438. The Morgan fingerprint density at radius 3 is 2.90 bits per heavy atom. The second-order valence-electron chi connectivity index (χ2n) is 6.24. The molecule has 0 radical (unpaired) electrons. The van der Waals surface area contributed by atoms with Gasteiger partial charge in [-0.25, -0.2) is 0 Å². The molecule has 2 saturated carbocycles. The predicted molar refractivity (Wildman–Crippen MR) is 87.9 cm³/mol. The number of thiophene rings is 1. The van der Waals surface area contributed by atoms with Crippen LogP contribution in [-0.2, 0) is 0 Å². The van der Waals surface area contributed by atoms with Crippen molar-refractivity contribution in [3.8, 4) is 0 Å². The van der Waals surface area contributed by atoms with Crippen LogP contribution in [0.15, 0.2) is 18.2 Å². The van der Waals surface area contributed by atoms with Crippen molar-refractivity contribution in [3.63, 3.8) is 0 Å². The SMILES string of the molecule is Nc1c(C(=O)NC2CC3CCC2C3)sc2cc(Cl)ccc12. The van der Waals surface area contributed by atoms with Gasteiger partial charge in [0.1, 0.15) is 4.88 Å². The van der Waals surface area contributed by atoms with E-state index in [4.69, 9.17) is 17.3 Å². The van der Waals surface area contributed by atoms with Gasteiger partial charge in [-0.2, -0.15) is 0 Å². The summed E-state index contributed by atoms with van der Waals surface area (Å²) in [5.41, 5.74) is 6.72. The molecule has 3 atom stereocenters. The number of amides is 1. The molecule has 5 heteroatoms. The van der Waals surface area contributed by atoms with E-state index in [2.05, 4.69) is 5.32 Å². The van der Waals surface area contributed by atoms with Gasteiger partial charge in [-0.05, 0) is 49.3 Å². The summed E-state index contributed by atoms with van der Waals surface area (Å²) in [7, 11) is 0. The van der Waals surface area contributed by atoms with Gasteiger partial charge in [0.15, 0.2) is 0 Å². The van der Waals surface area contributed by atoms with Crippen LogP contribution in [0, 0.1) is 11.8 Å². The van der Waals surface area contributed by atoms with Gasteiger partial charge in [-0.3, -0.25) is 4.79 Å². The smallest absolute Gasteiger partial charge is 0.263 e. The molecule has 0 saturated heterocycles. The molecule has 2 aliphatic rings. The monoisotopic (exact) mass is 320 g/mol. The Kier molecular flexibility index (Phi) is 3.12. The maximum absolute atomic E-state index is 12.5. The molecule has 2 fully saturated rings. The van der Waals surface area contributed by atoms with Crippen LogP contribution in [0.2, 0.25) is 5.02 Å². The van der Waals surface area contributed by atoms with Gasteiger partial charge in [0.2, 0.25) is 0 Å². The second kappa shape index (κ2) is 4.89. The number of carbonyl (C=O) groups is 1. The van der Waals surface area contributed by atoms with Crippen molar-refractivity contribution in [1.82, 2.24) is 5.32 Å². The zero-order valence-corrected chi connectivity index (χ0v) is 13.1. The first-order chi connectivity index (χ1) is 10.1. The van der Waals surface area contributed by atoms with Crippen molar-refractivity contribution in [3.05, 3.63) is 28.1 Å². The minimum absolute atomic E-state index is 0.0256. The van der Waals surface area contributed by atoms with Gasteiger partial charge in [-0.1, -0.05) is 18.0 Å². The number of nitrogens with two attached hydrogens (primary N) is 1. The first-order valence-electron chi connectivity index (χ1n) is 7.40. The quantitative estimate of drug-likeness (QED) is 0.877. The van der Waals surface area contributed by atoms with Crippen molar-refractivity contribution in [2.24, 2.45) is 11.8 Å². The molecule has 2 bridgehead atoms. The first-order valence-corrected chi connectivity index (χ1v) is 8.59. The Labute approximate surface area is 132 Å². The van der Waals surface area contributed by atoms with E-state index in [0.29, 0.717) is 27.5 Å². The highest BCUT2D eigenvalue weighted by atomic mass is 35.5. The summed E-state index contributed by atoms with van der Waals surface area (Å²) in [6, 6.07) is 5.90. The maximum atomic E-state index is 12.5. The third kappa shape index (κ3) is 2.21. The van der Waals surface area contributed by atoms with Crippen molar-refractivity contribution in [1.29, 1.82) is 0 Å². The average Bonchev–Trinajstić information content (AvgIpc) is 3.13. The van der Waals surface area contributed by atoms with E-state index in [9.17, 15) is 4.79 Å². The van der Waals surface area contributed by atoms with Gasteiger partial charge < -0.3 is 11.1 Å². The molecule has 1 amide bonds. The minimum atomic E-state index is -0.0256. The number of nitrogen functional groups attached to an aromatic ring is 1. The van der Waals surface area contributed by atoms with Crippen LogP contribution in [0.1, 0.15) is 35.4 Å². The van der Waals surface area contributed by atoms with E-state index in [1.54, 1.807) is 0 Å². The number of hydrogen-bond donors (Lipinski definition) is 2. The van der Waals surface area contributed by atoms with Crippen LogP contribution in [0.25, 0.3) is 10.1 Å². The van der Waals surface area contributed by atoms with Gasteiger partial charge in [0.05, 0.1) is 5.69 Å².